The first-order valence-electron chi connectivity index (χ1n) is 24.8. The summed E-state index contributed by atoms with van der Waals surface area (Å²) in [6.45, 7) is 8.83. The van der Waals surface area contributed by atoms with Crippen LogP contribution in [0.4, 0.5) is 8.78 Å². The Morgan fingerprint density at radius 1 is 0.594 bits per heavy atom. The minimum atomic E-state index is -0.461. The van der Waals surface area contributed by atoms with Gasteiger partial charge in [0.1, 0.15) is 11.6 Å². The lowest BCUT2D eigenvalue weighted by atomic mass is 9.49. The Labute approximate surface area is 392 Å². The lowest BCUT2D eigenvalue weighted by Gasteiger charge is -2.56. The monoisotopic (exact) mass is 952 g/mol. The van der Waals surface area contributed by atoms with Gasteiger partial charge >= 0.3 is 0 Å². The number of Topliss-reactive ketones (excluding diaryl/α,β-unsaturated/α-hetero) is 1. The molecule has 356 valence electrons. The third-order valence-electron chi connectivity index (χ3n) is 19.6. The Balaban J connectivity index is 0.000000162. The molecule has 2 N–H and O–H groups in total. The summed E-state index contributed by atoms with van der Waals surface area (Å²) in [5.74, 6) is 7.69. The standard InChI is InChI=1S/C26H35FO2.C22H37NO3.C6H4BrF.CH4/c1-25(29)13-11-19-17(15-25)5-8-21-20(19)12-14-26(2)22(21)9-10-23(26)24(28)16-3-6-18(27)7-4-16;1-21(25)11-9-15-14(13-21)5-6-17-16(15)10-12-22(2)18(17)7-8-19(22)20(24)23(3)26-4;7-5-1-3-6(8)4-2-5;/h3-4,6-7,17,19-23,29H,5,8-15H2,1-2H3;14-19,25H,5-13H2,1-4H3;1-4H;1H4/t17-,19+,20-,21-,22+,23-,25-,26+;14-,15+,16-,17-,18+,19-,21-,22+;;/m11../s1. The molecule has 9 heteroatoms. The van der Waals surface area contributed by atoms with Crippen molar-refractivity contribution in [1.82, 2.24) is 5.06 Å². The van der Waals surface area contributed by atoms with Crippen LogP contribution in [0, 0.1) is 93.5 Å². The SMILES string of the molecule is C.CON(C)C(=O)[C@H]1CC[C@H]2[C@@H]3CC[C@@H]4C[C@](C)(O)CC[C@@H]4[C@H]3CC[C@]12C.C[C@@]1(O)CC[C@H]2[C@H](CC[C@@H]3[C@@H]2CC[C@]2(C)[C@@H](C(=O)c4ccc(F)cc4)CC[C@@H]32)C1.Fc1ccc(Br)cc1. The first-order chi connectivity index (χ1) is 29.8. The van der Waals surface area contributed by atoms with Gasteiger partial charge in [-0.2, -0.15) is 0 Å². The van der Waals surface area contributed by atoms with E-state index in [2.05, 4.69) is 29.8 Å². The molecule has 8 aliphatic rings. The van der Waals surface area contributed by atoms with Crippen LogP contribution in [0.15, 0.2) is 53.0 Å². The lowest BCUT2D eigenvalue weighted by molar-refractivity contribution is -0.180. The van der Waals surface area contributed by atoms with Gasteiger partial charge in [0.2, 0.25) is 5.91 Å². The van der Waals surface area contributed by atoms with E-state index in [0.29, 0.717) is 23.3 Å². The summed E-state index contributed by atoms with van der Waals surface area (Å²) >= 11 is 3.18. The van der Waals surface area contributed by atoms with Crippen LogP contribution >= 0.6 is 15.9 Å². The third kappa shape index (κ3) is 9.73. The Bertz CT molecular complexity index is 1900. The van der Waals surface area contributed by atoms with E-state index >= 15 is 0 Å². The zero-order chi connectivity index (χ0) is 45.1. The van der Waals surface area contributed by atoms with Crippen molar-refractivity contribution >= 4 is 27.6 Å². The maximum atomic E-state index is 13.3. The minimum absolute atomic E-state index is 0. The fourth-order valence-corrected chi connectivity index (χ4v) is 16.8. The summed E-state index contributed by atoms with van der Waals surface area (Å²) in [4.78, 5) is 31.4. The van der Waals surface area contributed by atoms with Crippen molar-refractivity contribution in [1.29, 1.82) is 0 Å². The van der Waals surface area contributed by atoms with E-state index in [4.69, 9.17) is 4.84 Å². The van der Waals surface area contributed by atoms with Crippen molar-refractivity contribution in [2.45, 2.75) is 162 Å². The Hall–Kier alpha value is -2.20. The van der Waals surface area contributed by atoms with E-state index < -0.39 is 11.2 Å². The molecule has 0 aliphatic heterocycles. The minimum Gasteiger partial charge on any atom is -0.390 e. The smallest absolute Gasteiger partial charge is 0.249 e. The second-order valence-electron chi connectivity index (χ2n) is 23.0. The van der Waals surface area contributed by atoms with Gasteiger partial charge in [0, 0.05) is 28.9 Å². The van der Waals surface area contributed by atoms with Gasteiger partial charge in [0.05, 0.1) is 18.3 Å². The number of hydrogen-bond donors (Lipinski definition) is 2. The van der Waals surface area contributed by atoms with Crippen molar-refractivity contribution in [3.05, 3.63) is 70.2 Å². The van der Waals surface area contributed by atoms with Crippen LogP contribution in [0.1, 0.15) is 161 Å². The number of halogens is 3. The van der Waals surface area contributed by atoms with E-state index in [-0.39, 0.29) is 53.4 Å². The Kier molecular flexibility index (Phi) is 15.1. The van der Waals surface area contributed by atoms with Gasteiger partial charge in [-0.3, -0.25) is 14.4 Å². The highest BCUT2D eigenvalue weighted by atomic mass is 79.9. The van der Waals surface area contributed by atoms with E-state index in [1.54, 1.807) is 38.4 Å². The van der Waals surface area contributed by atoms with Gasteiger partial charge in [-0.25, -0.2) is 13.8 Å². The van der Waals surface area contributed by atoms with Crippen molar-refractivity contribution in [3.8, 4) is 0 Å². The summed E-state index contributed by atoms with van der Waals surface area (Å²) in [6, 6.07) is 12.3. The first kappa shape index (κ1) is 49.7. The largest absolute Gasteiger partial charge is 0.390 e. The van der Waals surface area contributed by atoms with E-state index in [1.165, 1.54) is 100.0 Å². The number of hydroxylamine groups is 2. The average Bonchev–Trinajstić information content (AvgIpc) is 3.80. The summed E-state index contributed by atoms with van der Waals surface area (Å²) in [7, 11) is 3.34. The molecular weight excluding hydrogens is 873 g/mol. The second kappa shape index (κ2) is 19.4. The number of hydrogen-bond acceptors (Lipinski definition) is 5. The molecule has 0 spiro atoms. The van der Waals surface area contributed by atoms with Crippen molar-refractivity contribution in [2.24, 2.45) is 81.8 Å². The summed E-state index contributed by atoms with van der Waals surface area (Å²) in [5.41, 5.74) is 0.0282. The lowest BCUT2D eigenvalue weighted by Crippen LogP contribution is -2.51. The van der Waals surface area contributed by atoms with Crippen LogP contribution in [0.5, 0.6) is 0 Å². The Morgan fingerprint density at radius 3 is 1.47 bits per heavy atom. The molecule has 16 atom stereocenters. The molecule has 0 unspecified atom stereocenters. The van der Waals surface area contributed by atoms with Crippen LogP contribution in [0.3, 0.4) is 0 Å². The van der Waals surface area contributed by atoms with Crippen LogP contribution in [0.25, 0.3) is 0 Å². The van der Waals surface area contributed by atoms with Gasteiger partial charge in [-0.1, -0.05) is 37.2 Å². The van der Waals surface area contributed by atoms with Gasteiger partial charge in [0.15, 0.2) is 5.78 Å². The highest BCUT2D eigenvalue weighted by Crippen LogP contribution is 2.66. The molecule has 8 saturated carbocycles. The summed E-state index contributed by atoms with van der Waals surface area (Å²) in [6.07, 6.45) is 20.7. The highest BCUT2D eigenvalue weighted by Gasteiger charge is 2.61. The van der Waals surface area contributed by atoms with Crippen molar-refractivity contribution < 1.29 is 33.4 Å². The molecule has 6 nitrogen and oxygen atoms in total. The number of ketones is 1. The predicted molar refractivity (Wildman–Crippen MR) is 254 cm³/mol. The predicted octanol–water partition coefficient (Wildman–Crippen LogP) is 13.3. The molecule has 0 saturated heterocycles. The molecule has 64 heavy (non-hydrogen) atoms. The number of nitrogens with zero attached hydrogens (tertiary/aromatic N) is 1. The molecule has 8 aliphatic carbocycles. The Morgan fingerprint density at radius 2 is 1.02 bits per heavy atom. The molecular formula is C55H80BrF2NO5. The topological polar surface area (TPSA) is 87.1 Å². The number of aliphatic hydroxyl groups is 2. The maximum Gasteiger partial charge on any atom is 0.249 e. The number of carbonyl (C=O) groups excluding carboxylic acids is 2. The van der Waals surface area contributed by atoms with E-state index in [0.717, 1.165) is 90.8 Å². The van der Waals surface area contributed by atoms with Crippen LogP contribution < -0.4 is 0 Å². The van der Waals surface area contributed by atoms with Crippen molar-refractivity contribution in [3.63, 3.8) is 0 Å². The molecule has 2 aromatic carbocycles. The molecule has 2 aromatic rings. The fourth-order valence-electron chi connectivity index (χ4n) is 16.6. The number of rotatable bonds is 4. The molecule has 0 heterocycles. The zero-order valence-electron chi connectivity index (χ0n) is 39.0. The second-order valence-corrected chi connectivity index (χ2v) is 23.9. The molecule has 10 rings (SSSR count). The highest BCUT2D eigenvalue weighted by molar-refractivity contribution is 9.10. The number of benzene rings is 2. The number of fused-ring (bicyclic) bond motifs is 10. The fraction of sp³-hybridized carbons (Fsp3) is 0.745. The van der Waals surface area contributed by atoms with Crippen LogP contribution in [0.2, 0.25) is 0 Å². The normalized spacial score (nSPS) is 42.7. The molecule has 0 radical (unpaired) electrons. The average molecular weight is 953 g/mol. The number of carbonyl (C=O) groups is 2. The summed E-state index contributed by atoms with van der Waals surface area (Å²) in [5, 5.41) is 22.5. The first-order valence-corrected chi connectivity index (χ1v) is 25.6. The van der Waals surface area contributed by atoms with Crippen LogP contribution in [-0.2, 0) is 9.63 Å². The van der Waals surface area contributed by atoms with Crippen molar-refractivity contribution in [2.75, 3.05) is 14.2 Å². The van der Waals surface area contributed by atoms with Gasteiger partial charge in [0.25, 0.3) is 0 Å². The quantitative estimate of drug-likeness (QED) is 0.236. The van der Waals surface area contributed by atoms with Gasteiger partial charge < -0.3 is 10.2 Å². The van der Waals surface area contributed by atoms with E-state index in [1.807, 2.05) is 13.8 Å². The summed E-state index contributed by atoms with van der Waals surface area (Å²) < 4.78 is 26.3. The van der Waals surface area contributed by atoms with Gasteiger partial charge in [-0.15, -0.1) is 0 Å². The zero-order valence-corrected chi connectivity index (χ0v) is 40.6. The van der Waals surface area contributed by atoms with Gasteiger partial charge in [-0.05, 0) is 248 Å². The molecule has 1 amide bonds. The maximum absolute atomic E-state index is 13.3. The molecule has 0 bridgehead atoms. The molecule has 8 fully saturated rings. The third-order valence-corrected chi connectivity index (χ3v) is 20.1. The number of amides is 1. The van der Waals surface area contributed by atoms with Crippen LogP contribution in [-0.4, -0.2) is 52.3 Å². The van der Waals surface area contributed by atoms with E-state index in [9.17, 15) is 28.6 Å². The molecule has 0 aromatic heterocycles.